The zero-order valence-corrected chi connectivity index (χ0v) is 16.1. The molecule has 146 valence electrons. The Hall–Kier alpha value is -1.83. The summed E-state index contributed by atoms with van der Waals surface area (Å²) in [4.78, 5) is 15.9. The number of hydrogen-bond donors (Lipinski definition) is 4. The van der Waals surface area contributed by atoms with Crippen molar-refractivity contribution >= 4 is 23.5 Å². The van der Waals surface area contributed by atoms with Crippen molar-refractivity contribution in [2.24, 2.45) is 0 Å². The second-order valence-electron chi connectivity index (χ2n) is 6.18. The van der Waals surface area contributed by atoms with Crippen molar-refractivity contribution in [3.8, 4) is 0 Å². The highest BCUT2D eigenvalue weighted by Crippen LogP contribution is 2.07. The maximum absolute atomic E-state index is 12.4. The van der Waals surface area contributed by atoms with E-state index in [0.717, 1.165) is 25.9 Å². The van der Waals surface area contributed by atoms with Gasteiger partial charge in [0.25, 0.3) is 0 Å². The third-order valence-corrected chi connectivity index (χ3v) is 4.19. The van der Waals surface area contributed by atoms with Crippen LogP contribution in [-0.2, 0) is 0 Å². The Balaban J connectivity index is 2.53. The fourth-order valence-corrected chi connectivity index (χ4v) is 2.76. The summed E-state index contributed by atoms with van der Waals surface area (Å²) in [6.07, 6.45) is 6.64. The molecular weight excluding hydrogens is 354 g/mol. The molecule has 0 aromatic heterocycles. The Kier molecular flexibility index (Phi) is 10.7. The van der Waals surface area contributed by atoms with Crippen LogP contribution < -0.4 is 10.6 Å². The van der Waals surface area contributed by atoms with Gasteiger partial charge in [0, 0.05) is 37.9 Å². The van der Waals surface area contributed by atoms with Crippen LogP contribution >= 0.6 is 11.6 Å². The van der Waals surface area contributed by atoms with Gasteiger partial charge in [-0.2, -0.15) is 0 Å². The Labute approximate surface area is 160 Å². The molecule has 0 spiro atoms. The first kappa shape index (κ1) is 22.2. The van der Waals surface area contributed by atoms with Gasteiger partial charge in [-0.3, -0.25) is 10.3 Å². The Morgan fingerprint density at radius 1 is 1.46 bits per heavy atom. The average Bonchev–Trinajstić information content (AvgIpc) is 3.13. The van der Waals surface area contributed by atoms with Crippen LogP contribution in [0.25, 0.3) is 0 Å². The topological polar surface area (TPSA) is 91.7 Å². The van der Waals surface area contributed by atoms with E-state index in [1.54, 1.807) is 25.3 Å². The number of β-amino-alcohol motifs (C(OH)–C–C–N with tert-alkyl or cyclic N) is 1. The number of carbonyl (C=O) groups is 1. The summed E-state index contributed by atoms with van der Waals surface area (Å²) in [5.74, 6) is 0.0908. The summed E-state index contributed by atoms with van der Waals surface area (Å²) in [5, 5.41) is 24.0. The van der Waals surface area contributed by atoms with Gasteiger partial charge >= 0.3 is 6.03 Å². The normalized spacial score (nSPS) is 16.5. The molecule has 0 bridgehead atoms. The molecule has 1 fully saturated rings. The summed E-state index contributed by atoms with van der Waals surface area (Å²) in [6.45, 7) is 8.82. The van der Waals surface area contributed by atoms with Gasteiger partial charge in [-0.1, -0.05) is 23.8 Å². The van der Waals surface area contributed by atoms with Crippen LogP contribution in [0.4, 0.5) is 4.79 Å². The van der Waals surface area contributed by atoms with E-state index >= 15 is 0 Å². The van der Waals surface area contributed by atoms with Gasteiger partial charge in [0.2, 0.25) is 0 Å². The minimum Gasteiger partial charge on any atom is -0.390 e. The van der Waals surface area contributed by atoms with E-state index in [2.05, 4.69) is 22.1 Å². The molecule has 0 aromatic carbocycles. The molecule has 1 unspecified atom stereocenters. The van der Waals surface area contributed by atoms with Gasteiger partial charge in [-0.25, -0.2) is 4.79 Å². The van der Waals surface area contributed by atoms with Crippen molar-refractivity contribution in [3.63, 3.8) is 0 Å². The molecule has 2 amide bonds. The number of rotatable bonds is 10. The number of nitrogens with zero attached hydrogens (tertiary/aromatic N) is 2. The minimum atomic E-state index is -0.625. The van der Waals surface area contributed by atoms with Crippen molar-refractivity contribution in [2.75, 3.05) is 39.3 Å². The second-order valence-corrected chi connectivity index (χ2v) is 6.44. The van der Waals surface area contributed by atoms with Gasteiger partial charge in [0.15, 0.2) is 0 Å². The van der Waals surface area contributed by atoms with Crippen LogP contribution in [0.1, 0.15) is 19.8 Å². The molecule has 1 aliphatic heterocycles. The highest BCUT2D eigenvalue weighted by molar-refractivity contribution is 6.25. The number of likely N-dealkylation sites (tertiary alicyclic amines) is 1. The van der Waals surface area contributed by atoms with E-state index < -0.39 is 12.1 Å². The number of amidine groups is 1. The quantitative estimate of drug-likeness (QED) is 0.200. The fourth-order valence-electron chi connectivity index (χ4n) is 2.67. The van der Waals surface area contributed by atoms with Gasteiger partial charge < -0.3 is 20.6 Å². The molecule has 7 nitrogen and oxygen atoms in total. The molecular formula is C18H30ClN5O2. The largest absolute Gasteiger partial charge is 0.390 e. The van der Waals surface area contributed by atoms with Crippen molar-refractivity contribution in [1.82, 2.24) is 20.4 Å². The van der Waals surface area contributed by atoms with Crippen LogP contribution in [-0.4, -0.2) is 72.1 Å². The number of aliphatic hydroxyl groups is 1. The molecule has 0 aliphatic carbocycles. The number of urea groups is 1. The smallest absolute Gasteiger partial charge is 0.323 e. The first-order valence-corrected chi connectivity index (χ1v) is 9.24. The highest BCUT2D eigenvalue weighted by Gasteiger charge is 2.20. The molecule has 1 aliphatic rings. The molecule has 0 aromatic rings. The highest BCUT2D eigenvalue weighted by atomic mass is 35.5. The number of hydrogen-bond acceptors (Lipinski definition) is 5. The van der Waals surface area contributed by atoms with Crippen LogP contribution in [0.2, 0.25) is 0 Å². The maximum atomic E-state index is 12.4. The summed E-state index contributed by atoms with van der Waals surface area (Å²) in [5.41, 5.74) is 2.01. The predicted octanol–water partition coefficient (Wildman–Crippen LogP) is 1.86. The van der Waals surface area contributed by atoms with Gasteiger partial charge in [-0.05, 0) is 38.4 Å². The fraction of sp³-hybridized carbons (Fsp3) is 0.556. The molecule has 1 rings (SSSR count). The SMILES string of the molecule is C=CCN(C(=N)/C(C)=C/CN/C=C/Cl)C(=O)NCC(O)CN1CCCC1. The molecule has 26 heavy (non-hydrogen) atoms. The van der Waals surface area contributed by atoms with Crippen LogP contribution in [0.15, 0.2) is 36.0 Å². The molecule has 0 radical (unpaired) electrons. The third-order valence-electron chi connectivity index (χ3n) is 4.06. The minimum absolute atomic E-state index is 0.0908. The van der Waals surface area contributed by atoms with E-state index in [1.807, 2.05) is 0 Å². The lowest BCUT2D eigenvalue weighted by molar-refractivity contribution is 0.123. The molecule has 4 N–H and O–H groups in total. The van der Waals surface area contributed by atoms with Crippen LogP contribution in [0, 0.1) is 5.41 Å². The lowest BCUT2D eigenvalue weighted by atomic mass is 10.2. The van der Waals surface area contributed by atoms with Crippen LogP contribution in [0.3, 0.4) is 0 Å². The Morgan fingerprint density at radius 2 is 2.15 bits per heavy atom. The zero-order valence-electron chi connectivity index (χ0n) is 15.4. The van der Waals surface area contributed by atoms with Gasteiger partial charge in [-0.15, -0.1) is 6.58 Å². The van der Waals surface area contributed by atoms with Crippen molar-refractivity contribution in [2.45, 2.75) is 25.9 Å². The summed E-state index contributed by atoms with van der Waals surface area (Å²) in [6, 6.07) is -0.420. The average molecular weight is 384 g/mol. The van der Waals surface area contributed by atoms with E-state index in [4.69, 9.17) is 17.0 Å². The zero-order chi connectivity index (χ0) is 19.4. The van der Waals surface area contributed by atoms with E-state index in [9.17, 15) is 9.90 Å². The first-order chi connectivity index (χ1) is 12.5. The van der Waals surface area contributed by atoms with Gasteiger partial charge in [0.1, 0.15) is 5.84 Å². The second kappa shape index (κ2) is 12.5. The lowest BCUT2D eigenvalue weighted by Crippen LogP contribution is -2.47. The van der Waals surface area contributed by atoms with Crippen molar-refractivity contribution < 1.29 is 9.90 Å². The molecule has 0 saturated carbocycles. The number of halogens is 1. The van der Waals surface area contributed by atoms with E-state index in [1.165, 1.54) is 10.4 Å². The third kappa shape index (κ3) is 8.03. The van der Waals surface area contributed by atoms with Crippen LogP contribution in [0.5, 0.6) is 0 Å². The summed E-state index contributed by atoms with van der Waals surface area (Å²) in [7, 11) is 0. The van der Waals surface area contributed by atoms with Crippen molar-refractivity contribution in [3.05, 3.63) is 36.0 Å². The van der Waals surface area contributed by atoms with Crippen molar-refractivity contribution in [1.29, 1.82) is 5.41 Å². The number of nitrogens with one attached hydrogen (secondary N) is 3. The number of aliphatic hydroxyl groups excluding tert-OH is 1. The molecule has 1 atom stereocenters. The number of amides is 2. The lowest BCUT2D eigenvalue weighted by Gasteiger charge is -2.24. The standard InChI is InChI=1S/C18H30ClN5O2/c1-3-10-24(17(20)15(2)6-8-21-9-7-19)18(26)22-13-16(25)14-23-11-4-5-12-23/h3,6-7,9,16,20-21,25H,1,4-5,8,10-14H2,2H3,(H,22,26)/b9-7+,15-6+,20-17?. The predicted molar refractivity (Wildman–Crippen MR) is 106 cm³/mol. The van der Waals surface area contributed by atoms with Gasteiger partial charge in [0.05, 0.1) is 6.10 Å². The monoisotopic (exact) mass is 383 g/mol. The molecule has 1 saturated heterocycles. The number of carbonyl (C=O) groups excluding carboxylic acids is 1. The molecule has 8 heteroatoms. The Bertz CT molecular complexity index is 530. The Morgan fingerprint density at radius 3 is 2.77 bits per heavy atom. The molecule has 1 heterocycles. The maximum Gasteiger partial charge on any atom is 0.323 e. The van der Waals surface area contributed by atoms with E-state index in [0.29, 0.717) is 18.7 Å². The first-order valence-electron chi connectivity index (χ1n) is 8.80. The van der Waals surface area contributed by atoms with E-state index in [-0.39, 0.29) is 18.9 Å². The summed E-state index contributed by atoms with van der Waals surface area (Å²) < 4.78 is 0. The summed E-state index contributed by atoms with van der Waals surface area (Å²) >= 11 is 5.42.